The van der Waals surface area contributed by atoms with Crippen molar-refractivity contribution in [3.05, 3.63) is 0 Å². The van der Waals surface area contributed by atoms with Gasteiger partial charge in [-0.3, -0.25) is 9.59 Å². The predicted molar refractivity (Wildman–Crippen MR) is 94.5 cm³/mol. The standard InChI is InChI=1S/C19H33N3O2/c1-20-11-8-15-9-13-21(14-10-15)19(24)17-7-4-12-22(17)18(23)16-5-2-3-6-16/h15-17,20H,2-14H2,1H3. The summed E-state index contributed by atoms with van der Waals surface area (Å²) >= 11 is 0. The third kappa shape index (κ3) is 3.93. The molecule has 1 atom stereocenters. The van der Waals surface area contributed by atoms with Crippen molar-refractivity contribution >= 4 is 11.8 Å². The van der Waals surface area contributed by atoms with Crippen LogP contribution in [0.3, 0.4) is 0 Å². The molecule has 0 aromatic heterocycles. The molecule has 5 nitrogen and oxygen atoms in total. The molecule has 3 aliphatic rings. The van der Waals surface area contributed by atoms with Crippen LogP contribution in [0.4, 0.5) is 0 Å². The summed E-state index contributed by atoms with van der Waals surface area (Å²) in [5.41, 5.74) is 0. The van der Waals surface area contributed by atoms with Crippen LogP contribution in [0.5, 0.6) is 0 Å². The lowest BCUT2D eigenvalue weighted by Gasteiger charge is -2.36. The molecule has 136 valence electrons. The molecule has 2 amide bonds. The zero-order chi connectivity index (χ0) is 16.9. The summed E-state index contributed by atoms with van der Waals surface area (Å²) in [5, 5.41) is 3.21. The third-order valence-corrected chi connectivity index (χ3v) is 6.25. The molecule has 0 radical (unpaired) electrons. The molecule has 2 aliphatic heterocycles. The summed E-state index contributed by atoms with van der Waals surface area (Å²) < 4.78 is 0. The molecule has 1 aliphatic carbocycles. The largest absolute Gasteiger partial charge is 0.341 e. The van der Waals surface area contributed by atoms with E-state index in [1.165, 1.54) is 19.3 Å². The van der Waals surface area contributed by atoms with Gasteiger partial charge < -0.3 is 15.1 Å². The van der Waals surface area contributed by atoms with E-state index in [1.807, 2.05) is 16.8 Å². The Labute approximate surface area is 146 Å². The monoisotopic (exact) mass is 335 g/mol. The van der Waals surface area contributed by atoms with Crippen molar-refractivity contribution in [3.8, 4) is 0 Å². The summed E-state index contributed by atoms with van der Waals surface area (Å²) in [6.07, 6.45) is 9.64. The first-order valence-electron chi connectivity index (χ1n) is 9.94. The van der Waals surface area contributed by atoms with Gasteiger partial charge in [-0.15, -0.1) is 0 Å². The molecular formula is C19H33N3O2. The highest BCUT2D eigenvalue weighted by molar-refractivity contribution is 5.89. The van der Waals surface area contributed by atoms with Gasteiger partial charge in [0.15, 0.2) is 0 Å². The Bertz CT molecular complexity index is 440. The molecule has 2 saturated heterocycles. The first-order chi connectivity index (χ1) is 11.7. The van der Waals surface area contributed by atoms with Crippen LogP contribution in [-0.2, 0) is 9.59 Å². The second-order valence-electron chi connectivity index (χ2n) is 7.83. The van der Waals surface area contributed by atoms with E-state index in [-0.39, 0.29) is 23.8 Å². The van der Waals surface area contributed by atoms with Crippen molar-refractivity contribution in [2.45, 2.75) is 63.8 Å². The highest BCUT2D eigenvalue weighted by Crippen LogP contribution is 2.31. The van der Waals surface area contributed by atoms with Crippen molar-refractivity contribution in [3.63, 3.8) is 0 Å². The van der Waals surface area contributed by atoms with E-state index in [2.05, 4.69) is 5.32 Å². The average molecular weight is 335 g/mol. The van der Waals surface area contributed by atoms with Crippen molar-refractivity contribution in [1.82, 2.24) is 15.1 Å². The van der Waals surface area contributed by atoms with Crippen LogP contribution in [-0.4, -0.2) is 60.9 Å². The van der Waals surface area contributed by atoms with E-state index in [0.29, 0.717) is 0 Å². The molecule has 0 aromatic carbocycles. The third-order valence-electron chi connectivity index (χ3n) is 6.25. The first-order valence-corrected chi connectivity index (χ1v) is 9.94. The molecule has 0 spiro atoms. The van der Waals surface area contributed by atoms with Gasteiger partial charge in [-0.05, 0) is 64.5 Å². The van der Waals surface area contributed by atoms with Crippen LogP contribution >= 0.6 is 0 Å². The van der Waals surface area contributed by atoms with Gasteiger partial charge in [0, 0.05) is 25.6 Å². The minimum Gasteiger partial charge on any atom is -0.341 e. The van der Waals surface area contributed by atoms with Gasteiger partial charge in [0.05, 0.1) is 0 Å². The fourth-order valence-corrected chi connectivity index (χ4v) is 4.70. The highest BCUT2D eigenvalue weighted by Gasteiger charge is 2.40. The van der Waals surface area contributed by atoms with Crippen LogP contribution < -0.4 is 5.32 Å². The van der Waals surface area contributed by atoms with Gasteiger partial charge in [-0.25, -0.2) is 0 Å². The van der Waals surface area contributed by atoms with Crippen LogP contribution in [0.15, 0.2) is 0 Å². The normalized spacial score (nSPS) is 26.3. The number of likely N-dealkylation sites (tertiary alicyclic amines) is 2. The number of nitrogens with one attached hydrogen (secondary N) is 1. The van der Waals surface area contributed by atoms with E-state index in [9.17, 15) is 9.59 Å². The summed E-state index contributed by atoms with van der Waals surface area (Å²) in [6.45, 7) is 3.58. The molecule has 24 heavy (non-hydrogen) atoms. The first kappa shape index (κ1) is 17.7. The molecule has 1 N–H and O–H groups in total. The van der Waals surface area contributed by atoms with Gasteiger partial charge >= 0.3 is 0 Å². The number of rotatable bonds is 5. The molecule has 1 saturated carbocycles. The second kappa shape index (κ2) is 8.32. The zero-order valence-electron chi connectivity index (χ0n) is 15.1. The number of amides is 2. The van der Waals surface area contributed by atoms with Crippen molar-refractivity contribution in [1.29, 1.82) is 0 Å². The van der Waals surface area contributed by atoms with Gasteiger partial charge in [0.25, 0.3) is 0 Å². The lowest BCUT2D eigenvalue weighted by molar-refractivity contribution is -0.146. The smallest absolute Gasteiger partial charge is 0.245 e. The highest BCUT2D eigenvalue weighted by atomic mass is 16.2. The number of piperidine rings is 1. The molecule has 2 heterocycles. The summed E-state index contributed by atoms with van der Waals surface area (Å²) in [6, 6.07) is -0.174. The lowest BCUT2D eigenvalue weighted by atomic mass is 9.93. The quantitative estimate of drug-likeness (QED) is 0.836. The SMILES string of the molecule is CNCCC1CCN(C(=O)C2CCCN2C(=O)C2CCCC2)CC1. The Morgan fingerprint density at radius 1 is 0.917 bits per heavy atom. The Hall–Kier alpha value is -1.10. The van der Waals surface area contributed by atoms with Crippen LogP contribution in [0.2, 0.25) is 0 Å². The van der Waals surface area contributed by atoms with E-state index in [0.717, 1.165) is 70.6 Å². The Morgan fingerprint density at radius 3 is 2.29 bits per heavy atom. The van der Waals surface area contributed by atoms with Crippen molar-refractivity contribution < 1.29 is 9.59 Å². The number of hydrogen-bond donors (Lipinski definition) is 1. The zero-order valence-corrected chi connectivity index (χ0v) is 15.1. The average Bonchev–Trinajstić information content (AvgIpc) is 3.30. The fraction of sp³-hybridized carbons (Fsp3) is 0.895. The summed E-state index contributed by atoms with van der Waals surface area (Å²) in [5.74, 6) is 1.39. The van der Waals surface area contributed by atoms with E-state index in [1.54, 1.807) is 0 Å². The van der Waals surface area contributed by atoms with Crippen LogP contribution in [0.25, 0.3) is 0 Å². The predicted octanol–water partition coefficient (Wildman–Crippen LogP) is 2.02. The molecule has 0 bridgehead atoms. The Balaban J connectivity index is 1.53. The van der Waals surface area contributed by atoms with Crippen LogP contribution in [0, 0.1) is 11.8 Å². The Morgan fingerprint density at radius 2 is 1.62 bits per heavy atom. The molecule has 5 heteroatoms. The van der Waals surface area contributed by atoms with Crippen LogP contribution in [0.1, 0.15) is 57.8 Å². The van der Waals surface area contributed by atoms with E-state index < -0.39 is 0 Å². The summed E-state index contributed by atoms with van der Waals surface area (Å²) in [4.78, 5) is 29.7. The second-order valence-corrected chi connectivity index (χ2v) is 7.83. The maximum atomic E-state index is 13.0. The van der Waals surface area contributed by atoms with Crippen molar-refractivity contribution in [2.24, 2.45) is 11.8 Å². The summed E-state index contributed by atoms with van der Waals surface area (Å²) in [7, 11) is 1.99. The minimum atomic E-state index is -0.174. The molecule has 0 aromatic rings. The Kier molecular flexibility index (Phi) is 6.14. The molecule has 3 fully saturated rings. The number of hydrogen-bond acceptors (Lipinski definition) is 3. The fourth-order valence-electron chi connectivity index (χ4n) is 4.70. The van der Waals surface area contributed by atoms with Gasteiger partial charge in [-0.2, -0.15) is 0 Å². The van der Waals surface area contributed by atoms with E-state index in [4.69, 9.17) is 0 Å². The maximum absolute atomic E-state index is 13.0. The van der Waals surface area contributed by atoms with E-state index >= 15 is 0 Å². The molecule has 1 unspecified atom stereocenters. The van der Waals surface area contributed by atoms with Gasteiger partial charge in [-0.1, -0.05) is 12.8 Å². The van der Waals surface area contributed by atoms with Gasteiger partial charge in [0.1, 0.15) is 6.04 Å². The number of nitrogens with zero attached hydrogens (tertiary/aromatic N) is 2. The van der Waals surface area contributed by atoms with Gasteiger partial charge in [0.2, 0.25) is 11.8 Å². The number of carbonyl (C=O) groups excluding carboxylic acids is 2. The topological polar surface area (TPSA) is 52.7 Å². The molecular weight excluding hydrogens is 302 g/mol. The number of carbonyl (C=O) groups is 2. The van der Waals surface area contributed by atoms with Crippen molar-refractivity contribution in [2.75, 3.05) is 33.2 Å². The lowest BCUT2D eigenvalue weighted by Crippen LogP contribution is -2.51. The molecule has 3 rings (SSSR count). The minimum absolute atomic E-state index is 0.174. The maximum Gasteiger partial charge on any atom is 0.245 e.